The van der Waals surface area contributed by atoms with Crippen molar-refractivity contribution in [1.29, 1.82) is 0 Å². The summed E-state index contributed by atoms with van der Waals surface area (Å²) in [4.78, 5) is 11.9. The van der Waals surface area contributed by atoms with E-state index in [1.807, 2.05) is 24.3 Å². The van der Waals surface area contributed by atoms with Crippen molar-refractivity contribution in [2.45, 2.75) is 24.7 Å². The lowest BCUT2D eigenvalue weighted by Gasteiger charge is -2.09. The molecule has 0 saturated heterocycles. The molecule has 0 aliphatic carbocycles. The zero-order valence-corrected chi connectivity index (χ0v) is 16.5. The molecule has 0 saturated carbocycles. The third kappa shape index (κ3) is 6.92. The zero-order valence-electron chi connectivity index (χ0n) is 14.8. The summed E-state index contributed by atoms with van der Waals surface area (Å²) in [6.45, 7) is 4.32. The summed E-state index contributed by atoms with van der Waals surface area (Å²) in [5.74, 6) is -0.167. The first-order valence-electron chi connectivity index (χ1n) is 8.49. The van der Waals surface area contributed by atoms with Crippen molar-refractivity contribution in [2.24, 2.45) is 0 Å². The van der Waals surface area contributed by atoms with Crippen LogP contribution in [-0.4, -0.2) is 40.5 Å². The van der Waals surface area contributed by atoms with Gasteiger partial charge in [-0.15, -0.1) is 12.4 Å². The third-order valence-electron chi connectivity index (χ3n) is 3.73. The largest absolute Gasteiger partial charge is 0.355 e. The van der Waals surface area contributed by atoms with E-state index in [9.17, 15) is 13.2 Å². The fourth-order valence-electron chi connectivity index (χ4n) is 2.40. The Labute approximate surface area is 161 Å². The van der Waals surface area contributed by atoms with Crippen LogP contribution in [0.1, 0.15) is 19.8 Å². The van der Waals surface area contributed by atoms with Gasteiger partial charge in [-0.25, -0.2) is 13.1 Å². The average Bonchev–Trinajstić information content (AvgIpc) is 2.61. The van der Waals surface area contributed by atoms with E-state index in [-0.39, 0.29) is 36.2 Å². The van der Waals surface area contributed by atoms with E-state index in [1.54, 1.807) is 18.2 Å². The van der Waals surface area contributed by atoms with Crippen LogP contribution in [0.25, 0.3) is 10.8 Å². The van der Waals surface area contributed by atoms with Crippen molar-refractivity contribution in [1.82, 2.24) is 15.4 Å². The second kappa shape index (κ2) is 11.1. The number of fused-ring (bicyclic) bond motifs is 1. The molecule has 2 aromatic rings. The Bertz CT molecular complexity index is 812. The van der Waals surface area contributed by atoms with Gasteiger partial charge in [0, 0.05) is 26.1 Å². The summed E-state index contributed by atoms with van der Waals surface area (Å²) < 4.78 is 27.2. The van der Waals surface area contributed by atoms with Crippen molar-refractivity contribution in [3.63, 3.8) is 0 Å². The van der Waals surface area contributed by atoms with Gasteiger partial charge in [0.15, 0.2) is 0 Å². The van der Waals surface area contributed by atoms with Crippen LogP contribution >= 0.6 is 12.4 Å². The molecule has 2 rings (SSSR count). The summed E-state index contributed by atoms with van der Waals surface area (Å²) >= 11 is 0. The molecule has 0 aromatic heterocycles. The SMILES string of the molecule is CCCNCCNC(=O)CCNS(=O)(=O)c1ccc2ccccc2c1.Cl. The molecule has 144 valence electrons. The number of carbonyl (C=O) groups is 1. The highest BCUT2D eigenvalue weighted by Gasteiger charge is 2.14. The summed E-state index contributed by atoms with van der Waals surface area (Å²) in [5.41, 5.74) is 0. The molecule has 0 fully saturated rings. The molecule has 3 N–H and O–H groups in total. The molecule has 2 aromatic carbocycles. The Morgan fingerprint density at radius 3 is 2.42 bits per heavy atom. The second-order valence-corrected chi connectivity index (χ2v) is 7.52. The van der Waals surface area contributed by atoms with Crippen LogP contribution < -0.4 is 15.4 Å². The predicted molar refractivity (Wildman–Crippen MR) is 107 cm³/mol. The Morgan fingerprint density at radius 2 is 1.69 bits per heavy atom. The topological polar surface area (TPSA) is 87.3 Å². The van der Waals surface area contributed by atoms with Crippen molar-refractivity contribution >= 4 is 39.1 Å². The fraction of sp³-hybridized carbons (Fsp3) is 0.389. The van der Waals surface area contributed by atoms with Crippen LogP contribution in [0.4, 0.5) is 0 Å². The number of amides is 1. The van der Waals surface area contributed by atoms with E-state index < -0.39 is 10.0 Å². The van der Waals surface area contributed by atoms with Crippen LogP contribution in [-0.2, 0) is 14.8 Å². The molecule has 0 aliphatic heterocycles. The van der Waals surface area contributed by atoms with Crippen LogP contribution in [0.3, 0.4) is 0 Å². The van der Waals surface area contributed by atoms with Gasteiger partial charge in [0.25, 0.3) is 0 Å². The number of halogens is 1. The van der Waals surface area contributed by atoms with Gasteiger partial charge in [0.1, 0.15) is 0 Å². The second-order valence-electron chi connectivity index (χ2n) is 5.76. The van der Waals surface area contributed by atoms with E-state index in [4.69, 9.17) is 0 Å². The first kappa shape index (κ1) is 22.4. The standard InChI is InChI=1S/C18H25N3O3S.ClH/c1-2-10-19-12-13-20-18(22)9-11-21-25(23,24)17-8-7-15-5-3-4-6-16(15)14-17;/h3-8,14,19,21H,2,9-13H2,1H3,(H,20,22);1H. The van der Waals surface area contributed by atoms with Crippen molar-refractivity contribution in [2.75, 3.05) is 26.2 Å². The first-order valence-corrected chi connectivity index (χ1v) is 9.97. The number of sulfonamides is 1. The smallest absolute Gasteiger partial charge is 0.240 e. The van der Waals surface area contributed by atoms with E-state index >= 15 is 0 Å². The number of benzene rings is 2. The lowest BCUT2D eigenvalue weighted by Crippen LogP contribution is -2.34. The molecule has 8 heteroatoms. The minimum Gasteiger partial charge on any atom is -0.355 e. The Morgan fingerprint density at radius 1 is 0.962 bits per heavy atom. The lowest BCUT2D eigenvalue weighted by molar-refractivity contribution is -0.120. The number of nitrogens with one attached hydrogen (secondary N) is 3. The summed E-state index contributed by atoms with van der Waals surface area (Å²) in [5, 5.41) is 7.78. The highest BCUT2D eigenvalue weighted by atomic mass is 35.5. The maximum Gasteiger partial charge on any atom is 0.240 e. The first-order chi connectivity index (χ1) is 12.0. The van der Waals surface area contributed by atoms with Crippen LogP contribution in [0.15, 0.2) is 47.4 Å². The molecule has 0 radical (unpaired) electrons. The van der Waals surface area contributed by atoms with Crippen LogP contribution in [0, 0.1) is 0 Å². The highest BCUT2D eigenvalue weighted by Crippen LogP contribution is 2.18. The lowest BCUT2D eigenvalue weighted by atomic mass is 10.1. The molecule has 0 heterocycles. The summed E-state index contributed by atoms with van der Waals surface area (Å²) in [6, 6.07) is 12.6. The fourth-order valence-corrected chi connectivity index (χ4v) is 3.46. The molecule has 0 unspecified atom stereocenters. The van der Waals surface area contributed by atoms with Gasteiger partial charge in [-0.05, 0) is 35.9 Å². The van der Waals surface area contributed by atoms with Gasteiger partial charge < -0.3 is 10.6 Å². The van der Waals surface area contributed by atoms with Crippen LogP contribution in [0.5, 0.6) is 0 Å². The monoisotopic (exact) mass is 399 g/mol. The van der Waals surface area contributed by atoms with Crippen LogP contribution in [0.2, 0.25) is 0 Å². The molecule has 0 spiro atoms. The van der Waals surface area contributed by atoms with Gasteiger partial charge in [-0.3, -0.25) is 4.79 Å². The molecule has 0 atom stereocenters. The van der Waals surface area contributed by atoms with E-state index in [0.29, 0.717) is 13.1 Å². The number of carbonyl (C=O) groups excluding carboxylic acids is 1. The van der Waals surface area contributed by atoms with Gasteiger partial charge in [0.2, 0.25) is 15.9 Å². The third-order valence-corrected chi connectivity index (χ3v) is 5.18. The maximum atomic E-state index is 12.3. The molecule has 26 heavy (non-hydrogen) atoms. The average molecular weight is 400 g/mol. The zero-order chi connectivity index (χ0) is 18.1. The molecule has 1 amide bonds. The van der Waals surface area contributed by atoms with E-state index in [2.05, 4.69) is 22.3 Å². The number of rotatable bonds is 10. The highest BCUT2D eigenvalue weighted by molar-refractivity contribution is 7.89. The Balaban J connectivity index is 0.00000338. The number of hydrogen-bond acceptors (Lipinski definition) is 4. The summed E-state index contributed by atoms with van der Waals surface area (Å²) in [7, 11) is -3.62. The van der Waals surface area contributed by atoms with Gasteiger partial charge in [-0.1, -0.05) is 37.3 Å². The predicted octanol–water partition coefficient (Wildman–Crippen LogP) is 2.05. The van der Waals surface area contributed by atoms with Crippen molar-refractivity contribution in [3.05, 3.63) is 42.5 Å². The molecule has 0 bridgehead atoms. The maximum absolute atomic E-state index is 12.3. The Kier molecular flexibility index (Phi) is 9.58. The number of hydrogen-bond donors (Lipinski definition) is 3. The van der Waals surface area contributed by atoms with E-state index in [0.717, 1.165) is 23.7 Å². The van der Waals surface area contributed by atoms with Gasteiger partial charge in [-0.2, -0.15) is 0 Å². The van der Waals surface area contributed by atoms with Gasteiger partial charge >= 0.3 is 0 Å². The van der Waals surface area contributed by atoms with Crippen molar-refractivity contribution < 1.29 is 13.2 Å². The van der Waals surface area contributed by atoms with Gasteiger partial charge in [0.05, 0.1) is 4.90 Å². The minimum absolute atomic E-state index is 0. The quantitative estimate of drug-likeness (QED) is 0.533. The normalized spacial score (nSPS) is 11.1. The van der Waals surface area contributed by atoms with E-state index in [1.165, 1.54) is 0 Å². The summed E-state index contributed by atoms with van der Waals surface area (Å²) in [6.07, 6.45) is 1.16. The Hall–Kier alpha value is -1.67. The molecule has 6 nitrogen and oxygen atoms in total. The molecule has 0 aliphatic rings. The molecular weight excluding hydrogens is 374 g/mol. The van der Waals surface area contributed by atoms with Crippen molar-refractivity contribution in [3.8, 4) is 0 Å². The molecular formula is C18H26ClN3O3S. The minimum atomic E-state index is -3.62.